The zero-order valence-electron chi connectivity index (χ0n) is 11.3. The highest BCUT2D eigenvalue weighted by atomic mass is 35.5. The van der Waals surface area contributed by atoms with Crippen LogP contribution in [0, 0.1) is 0 Å². The lowest BCUT2D eigenvalue weighted by Crippen LogP contribution is -2.26. The van der Waals surface area contributed by atoms with Crippen LogP contribution in [0.3, 0.4) is 0 Å². The molecule has 0 saturated carbocycles. The van der Waals surface area contributed by atoms with Crippen LogP contribution in [0.2, 0.25) is 0 Å². The second-order valence-electron chi connectivity index (χ2n) is 4.10. The van der Waals surface area contributed by atoms with Gasteiger partial charge in [-0.15, -0.1) is 12.4 Å². The molecule has 1 aromatic rings. The minimum Gasteiger partial charge on any atom is -0.493 e. The Balaban J connectivity index is 0.00000200. The summed E-state index contributed by atoms with van der Waals surface area (Å²) in [6.07, 6.45) is 0.743. The Morgan fingerprint density at radius 1 is 1.40 bits per heavy atom. The highest BCUT2D eigenvalue weighted by Gasteiger charge is 2.20. The number of hydrogen-bond donors (Lipinski definition) is 2. The van der Waals surface area contributed by atoms with Crippen molar-refractivity contribution in [2.45, 2.75) is 6.42 Å². The third-order valence-electron chi connectivity index (χ3n) is 2.76. The van der Waals surface area contributed by atoms with Gasteiger partial charge in [-0.05, 0) is 25.1 Å². The molecule has 1 aliphatic heterocycles. The second-order valence-corrected chi connectivity index (χ2v) is 4.10. The van der Waals surface area contributed by atoms with Crippen LogP contribution < -0.4 is 25.3 Å². The number of carbonyl (C=O) groups excluding carboxylic acids is 1. The van der Waals surface area contributed by atoms with Crippen LogP contribution in [0.25, 0.3) is 0 Å². The molecule has 1 aliphatic rings. The minimum absolute atomic E-state index is 0. The predicted octanol–water partition coefficient (Wildman–Crippen LogP) is 0.967. The molecule has 0 atom stereocenters. The van der Waals surface area contributed by atoms with E-state index in [1.807, 2.05) is 0 Å². The molecule has 1 amide bonds. The van der Waals surface area contributed by atoms with Crippen LogP contribution in [0.15, 0.2) is 12.1 Å². The van der Waals surface area contributed by atoms with Gasteiger partial charge in [0.25, 0.3) is 5.91 Å². The molecule has 3 N–H and O–H groups in total. The molecule has 2 rings (SSSR count). The minimum atomic E-state index is -0.177. The van der Waals surface area contributed by atoms with Crippen molar-refractivity contribution in [3.8, 4) is 17.2 Å². The van der Waals surface area contributed by atoms with Crippen molar-refractivity contribution < 1.29 is 19.0 Å². The average Bonchev–Trinajstić information content (AvgIpc) is 2.46. The van der Waals surface area contributed by atoms with E-state index in [-0.39, 0.29) is 18.3 Å². The first-order chi connectivity index (χ1) is 9.26. The standard InChI is InChI=1S/C13H18N2O4.ClH/c1-17-10-7-9(13(16)15-4-2-3-14)8-11-12(10)19-6-5-18-11;/h7-8H,2-6,14H2,1H3,(H,15,16);1H. The van der Waals surface area contributed by atoms with Gasteiger partial charge >= 0.3 is 0 Å². The zero-order valence-corrected chi connectivity index (χ0v) is 12.1. The Bertz CT molecular complexity index is 451. The maximum absolute atomic E-state index is 12.0. The van der Waals surface area contributed by atoms with Gasteiger partial charge in [0.05, 0.1) is 7.11 Å². The van der Waals surface area contributed by atoms with Crippen LogP contribution in [0.5, 0.6) is 17.2 Å². The van der Waals surface area contributed by atoms with E-state index < -0.39 is 0 Å². The fraction of sp³-hybridized carbons (Fsp3) is 0.462. The van der Waals surface area contributed by atoms with Gasteiger partial charge in [0.15, 0.2) is 11.5 Å². The summed E-state index contributed by atoms with van der Waals surface area (Å²) in [5.41, 5.74) is 5.87. The number of carbonyl (C=O) groups is 1. The summed E-state index contributed by atoms with van der Waals surface area (Å²) in [4.78, 5) is 12.0. The number of benzene rings is 1. The number of nitrogens with two attached hydrogens (primary N) is 1. The molecule has 0 unspecified atom stereocenters. The summed E-state index contributed by atoms with van der Waals surface area (Å²) in [5.74, 6) is 1.41. The molecular formula is C13H19ClN2O4. The van der Waals surface area contributed by atoms with Crippen molar-refractivity contribution in [3.05, 3.63) is 17.7 Å². The SMILES string of the molecule is COc1cc(C(=O)NCCCN)cc2c1OCCO2.Cl. The molecule has 0 spiro atoms. The molecule has 0 saturated heterocycles. The maximum atomic E-state index is 12.0. The molecular weight excluding hydrogens is 284 g/mol. The second kappa shape index (κ2) is 7.81. The van der Waals surface area contributed by atoms with Gasteiger partial charge in [0.1, 0.15) is 13.2 Å². The van der Waals surface area contributed by atoms with Gasteiger partial charge in [0.2, 0.25) is 5.75 Å². The number of nitrogens with one attached hydrogen (secondary N) is 1. The molecule has 0 bridgehead atoms. The Hall–Kier alpha value is -1.66. The van der Waals surface area contributed by atoms with E-state index >= 15 is 0 Å². The molecule has 6 nitrogen and oxygen atoms in total. The molecule has 1 heterocycles. The fourth-order valence-electron chi connectivity index (χ4n) is 1.81. The van der Waals surface area contributed by atoms with Crippen LogP contribution in [0.1, 0.15) is 16.8 Å². The lowest BCUT2D eigenvalue weighted by Gasteiger charge is -2.21. The summed E-state index contributed by atoms with van der Waals surface area (Å²) < 4.78 is 16.2. The number of amides is 1. The molecule has 20 heavy (non-hydrogen) atoms. The highest BCUT2D eigenvalue weighted by Crippen LogP contribution is 2.40. The van der Waals surface area contributed by atoms with Gasteiger partial charge in [-0.1, -0.05) is 0 Å². The van der Waals surface area contributed by atoms with E-state index in [1.54, 1.807) is 12.1 Å². The first-order valence-corrected chi connectivity index (χ1v) is 6.22. The Kier molecular flexibility index (Phi) is 6.41. The molecule has 0 radical (unpaired) electrons. The molecule has 7 heteroatoms. The lowest BCUT2D eigenvalue weighted by molar-refractivity contribution is 0.0951. The zero-order chi connectivity index (χ0) is 13.7. The van der Waals surface area contributed by atoms with Gasteiger partial charge in [-0.3, -0.25) is 4.79 Å². The highest BCUT2D eigenvalue weighted by molar-refractivity contribution is 5.95. The van der Waals surface area contributed by atoms with Gasteiger partial charge in [-0.2, -0.15) is 0 Å². The third-order valence-corrected chi connectivity index (χ3v) is 2.76. The lowest BCUT2D eigenvalue weighted by atomic mass is 10.1. The quantitative estimate of drug-likeness (QED) is 0.792. The smallest absolute Gasteiger partial charge is 0.251 e. The van der Waals surface area contributed by atoms with Gasteiger partial charge < -0.3 is 25.3 Å². The topological polar surface area (TPSA) is 82.8 Å². The van der Waals surface area contributed by atoms with Crippen molar-refractivity contribution in [2.75, 3.05) is 33.4 Å². The Labute approximate surface area is 124 Å². The van der Waals surface area contributed by atoms with E-state index in [0.29, 0.717) is 49.1 Å². The average molecular weight is 303 g/mol. The number of ether oxygens (including phenoxy) is 3. The number of methoxy groups -OCH3 is 1. The molecule has 0 aliphatic carbocycles. The van der Waals surface area contributed by atoms with Gasteiger partial charge in [-0.25, -0.2) is 0 Å². The van der Waals surface area contributed by atoms with E-state index in [4.69, 9.17) is 19.9 Å². The van der Waals surface area contributed by atoms with E-state index in [0.717, 1.165) is 6.42 Å². The number of fused-ring (bicyclic) bond motifs is 1. The summed E-state index contributed by atoms with van der Waals surface area (Å²) in [6.45, 7) is 2.04. The largest absolute Gasteiger partial charge is 0.493 e. The number of rotatable bonds is 5. The fourth-order valence-corrected chi connectivity index (χ4v) is 1.81. The maximum Gasteiger partial charge on any atom is 0.251 e. The summed E-state index contributed by atoms with van der Waals surface area (Å²) >= 11 is 0. The van der Waals surface area contributed by atoms with Crippen molar-refractivity contribution in [2.24, 2.45) is 5.73 Å². The summed E-state index contributed by atoms with van der Waals surface area (Å²) in [5, 5.41) is 2.79. The molecule has 0 aromatic heterocycles. The number of halogens is 1. The van der Waals surface area contributed by atoms with Crippen molar-refractivity contribution in [1.82, 2.24) is 5.32 Å². The van der Waals surface area contributed by atoms with Crippen molar-refractivity contribution >= 4 is 18.3 Å². The predicted molar refractivity (Wildman–Crippen MR) is 77.2 cm³/mol. The van der Waals surface area contributed by atoms with E-state index in [9.17, 15) is 4.79 Å². The normalized spacial score (nSPS) is 12.3. The monoisotopic (exact) mass is 302 g/mol. The van der Waals surface area contributed by atoms with E-state index in [1.165, 1.54) is 7.11 Å². The Morgan fingerprint density at radius 3 is 2.85 bits per heavy atom. The Morgan fingerprint density at radius 2 is 2.15 bits per heavy atom. The van der Waals surface area contributed by atoms with Crippen molar-refractivity contribution in [3.63, 3.8) is 0 Å². The first kappa shape index (κ1) is 16.4. The van der Waals surface area contributed by atoms with Crippen LogP contribution >= 0.6 is 12.4 Å². The summed E-state index contributed by atoms with van der Waals surface area (Å²) in [7, 11) is 1.53. The van der Waals surface area contributed by atoms with Gasteiger partial charge in [0, 0.05) is 12.1 Å². The molecule has 112 valence electrons. The van der Waals surface area contributed by atoms with Crippen LogP contribution in [-0.4, -0.2) is 39.3 Å². The summed E-state index contributed by atoms with van der Waals surface area (Å²) in [6, 6.07) is 3.31. The molecule has 1 aromatic carbocycles. The molecule has 0 fully saturated rings. The number of hydrogen-bond acceptors (Lipinski definition) is 5. The van der Waals surface area contributed by atoms with E-state index in [2.05, 4.69) is 5.32 Å². The van der Waals surface area contributed by atoms with Crippen LogP contribution in [-0.2, 0) is 0 Å². The first-order valence-electron chi connectivity index (χ1n) is 6.22. The third kappa shape index (κ3) is 3.68. The van der Waals surface area contributed by atoms with Crippen LogP contribution in [0.4, 0.5) is 0 Å². The van der Waals surface area contributed by atoms with Crippen molar-refractivity contribution in [1.29, 1.82) is 0 Å².